The van der Waals surface area contributed by atoms with Gasteiger partial charge in [0.15, 0.2) is 0 Å². The lowest BCUT2D eigenvalue weighted by Crippen LogP contribution is -2.06. The molecule has 25 heavy (non-hydrogen) atoms. The van der Waals surface area contributed by atoms with Gasteiger partial charge in [-0.3, -0.25) is 0 Å². The van der Waals surface area contributed by atoms with E-state index in [1.54, 1.807) is 19.2 Å². The lowest BCUT2D eigenvalue weighted by atomic mass is 10.2. The van der Waals surface area contributed by atoms with Crippen molar-refractivity contribution in [2.45, 2.75) is 13.5 Å². The van der Waals surface area contributed by atoms with Crippen molar-refractivity contribution in [3.63, 3.8) is 0 Å². The van der Waals surface area contributed by atoms with Crippen molar-refractivity contribution in [2.24, 2.45) is 0 Å². The summed E-state index contributed by atoms with van der Waals surface area (Å²) in [6.07, 6.45) is 0. The van der Waals surface area contributed by atoms with Crippen LogP contribution in [0, 0.1) is 12.7 Å². The zero-order valence-electron chi connectivity index (χ0n) is 14.1. The van der Waals surface area contributed by atoms with Gasteiger partial charge in [-0.25, -0.2) is 9.37 Å². The molecule has 3 aromatic rings. The van der Waals surface area contributed by atoms with Crippen molar-refractivity contribution in [3.05, 3.63) is 71.7 Å². The minimum absolute atomic E-state index is 0.249. The van der Waals surface area contributed by atoms with Crippen LogP contribution in [0.15, 0.2) is 54.6 Å². The van der Waals surface area contributed by atoms with Gasteiger partial charge >= 0.3 is 0 Å². The standard InChI is InChI=1S/C19H19FN4O/c1-13-11-18(23-16-7-9-17(25-2)10-8-16)24-19(22-13)21-12-14-3-5-15(20)6-4-14/h3-11H,12H2,1-2H3,(H2,21,22,23,24). The third-order valence-corrected chi connectivity index (χ3v) is 3.58. The number of ether oxygens (including phenoxy) is 1. The Morgan fingerprint density at radius 3 is 2.40 bits per heavy atom. The Bertz CT molecular complexity index is 835. The third kappa shape index (κ3) is 4.67. The van der Waals surface area contributed by atoms with Gasteiger partial charge in [0.05, 0.1) is 7.11 Å². The highest BCUT2D eigenvalue weighted by Gasteiger charge is 2.04. The van der Waals surface area contributed by atoms with Crippen LogP contribution in [0.25, 0.3) is 0 Å². The van der Waals surface area contributed by atoms with Gasteiger partial charge in [-0.2, -0.15) is 4.98 Å². The van der Waals surface area contributed by atoms with Crippen molar-refractivity contribution in [2.75, 3.05) is 17.7 Å². The number of anilines is 3. The molecule has 128 valence electrons. The minimum atomic E-state index is -0.249. The van der Waals surface area contributed by atoms with Crippen molar-refractivity contribution >= 4 is 17.5 Å². The highest BCUT2D eigenvalue weighted by molar-refractivity contribution is 5.58. The van der Waals surface area contributed by atoms with Crippen LogP contribution in [0.1, 0.15) is 11.3 Å². The van der Waals surface area contributed by atoms with E-state index >= 15 is 0 Å². The highest BCUT2D eigenvalue weighted by Crippen LogP contribution is 2.20. The average molecular weight is 338 g/mol. The van der Waals surface area contributed by atoms with Gasteiger partial charge in [-0.05, 0) is 48.9 Å². The molecule has 3 rings (SSSR count). The zero-order valence-corrected chi connectivity index (χ0v) is 14.1. The van der Waals surface area contributed by atoms with Gasteiger partial charge in [-0.15, -0.1) is 0 Å². The van der Waals surface area contributed by atoms with Crippen molar-refractivity contribution in [1.82, 2.24) is 9.97 Å². The largest absolute Gasteiger partial charge is 0.497 e. The molecule has 0 aliphatic heterocycles. The highest BCUT2D eigenvalue weighted by atomic mass is 19.1. The molecule has 2 aromatic carbocycles. The molecule has 0 fully saturated rings. The first-order valence-corrected chi connectivity index (χ1v) is 7.87. The topological polar surface area (TPSA) is 59.1 Å². The fourth-order valence-corrected chi connectivity index (χ4v) is 2.32. The summed E-state index contributed by atoms with van der Waals surface area (Å²) < 4.78 is 18.1. The van der Waals surface area contributed by atoms with Crippen LogP contribution in [0.4, 0.5) is 21.8 Å². The monoisotopic (exact) mass is 338 g/mol. The molecule has 0 bridgehead atoms. The number of methoxy groups -OCH3 is 1. The Hall–Kier alpha value is -3.15. The number of nitrogens with zero attached hydrogens (tertiary/aromatic N) is 2. The molecule has 0 spiro atoms. The predicted molar refractivity (Wildman–Crippen MR) is 96.8 cm³/mol. The molecule has 0 aliphatic rings. The van der Waals surface area contributed by atoms with Gasteiger partial charge in [0.25, 0.3) is 0 Å². The molecular formula is C19H19FN4O. The second kappa shape index (κ2) is 7.61. The quantitative estimate of drug-likeness (QED) is 0.702. The molecule has 0 atom stereocenters. The molecule has 0 saturated heterocycles. The fraction of sp³-hybridized carbons (Fsp3) is 0.158. The number of aryl methyl sites for hydroxylation is 1. The lowest BCUT2D eigenvalue weighted by Gasteiger charge is -2.10. The van der Waals surface area contributed by atoms with Crippen LogP contribution in [0.5, 0.6) is 5.75 Å². The van der Waals surface area contributed by atoms with Crippen molar-refractivity contribution in [3.8, 4) is 5.75 Å². The second-order valence-electron chi connectivity index (χ2n) is 5.55. The second-order valence-corrected chi connectivity index (χ2v) is 5.55. The predicted octanol–water partition coefficient (Wildman–Crippen LogP) is 4.29. The zero-order chi connectivity index (χ0) is 17.6. The number of rotatable bonds is 6. The van der Waals surface area contributed by atoms with Gasteiger partial charge in [0, 0.05) is 24.0 Å². The van der Waals surface area contributed by atoms with Gasteiger partial charge in [0.1, 0.15) is 17.4 Å². The van der Waals surface area contributed by atoms with E-state index in [0.29, 0.717) is 18.3 Å². The summed E-state index contributed by atoms with van der Waals surface area (Å²) in [5, 5.41) is 6.41. The van der Waals surface area contributed by atoms with Crippen molar-refractivity contribution in [1.29, 1.82) is 0 Å². The van der Waals surface area contributed by atoms with Gasteiger partial charge in [-0.1, -0.05) is 12.1 Å². The number of hydrogen-bond acceptors (Lipinski definition) is 5. The SMILES string of the molecule is COc1ccc(Nc2cc(C)nc(NCc3ccc(F)cc3)n2)cc1. The van der Waals surface area contributed by atoms with E-state index in [0.717, 1.165) is 22.7 Å². The van der Waals surface area contributed by atoms with E-state index in [1.165, 1.54) is 12.1 Å². The lowest BCUT2D eigenvalue weighted by molar-refractivity contribution is 0.415. The van der Waals surface area contributed by atoms with Crippen molar-refractivity contribution < 1.29 is 9.13 Å². The maximum Gasteiger partial charge on any atom is 0.225 e. The first kappa shape index (κ1) is 16.7. The van der Waals surface area contributed by atoms with Gasteiger partial charge < -0.3 is 15.4 Å². The summed E-state index contributed by atoms with van der Waals surface area (Å²) >= 11 is 0. The molecule has 6 heteroatoms. The third-order valence-electron chi connectivity index (χ3n) is 3.58. The molecule has 0 aliphatic carbocycles. The Morgan fingerprint density at radius 2 is 1.72 bits per heavy atom. The van der Waals surface area contributed by atoms with Crippen LogP contribution < -0.4 is 15.4 Å². The Morgan fingerprint density at radius 1 is 1.00 bits per heavy atom. The summed E-state index contributed by atoms with van der Waals surface area (Å²) in [4.78, 5) is 8.84. The van der Waals surface area contributed by atoms with Crippen LogP contribution in [-0.2, 0) is 6.54 Å². The van der Waals surface area contributed by atoms with Crippen LogP contribution >= 0.6 is 0 Å². The van der Waals surface area contributed by atoms with E-state index in [2.05, 4.69) is 20.6 Å². The fourth-order valence-electron chi connectivity index (χ4n) is 2.32. The van der Waals surface area contributed by atoms with E-state index in [4.69, 9.17) is 4.74 Å². The van der Waals surface area contributed by atoms with Crippen LogP contribution in [-0.4, -0.2) is 17.1 Å². The summed E-state index contributed by atoms with van der Waals surface area (Å²) in [5.74, 6) is 1.76. The molecule has 0 amide bonds. The number of aromatic nitrogens is 2. The molecule has 0 unspecified atom stereocenters. The van der Waals surface area contributed by atoms with E-state index < -0.39 is 0 Å². The molecule has 1 heterocycles. The van der Waals surface area contributed by atoms with Crippen LogP contribution in [0.2, 0.25) is 0 Å². The molecule has 2 N–H and O–H groups in total. The maximum absolute atomic E-state index is 12.9. The maximum atomic E-state index is 12.9. The Balaban J connectivity index is 1.69. The molecule has 0 radical (unpaired) electrons. The summed E-state index contributed by atoms with van der Waals surface area (Å²) in [6, 6.07) is 15.8. The number of nitrogens with one attached hydrogen (secondary N) is 2. The number of halogens is 1. The normalized spacial score (nSPS) is 10.4. The average Bonchev–Trinajstić information content (AvgIpc) is 2.61. The van der Waals surface area contributed by atoms with Gasteiger partial charge in [0.2, 0.25) is 5.95 Å². The first-order valence-electron chi connectivity index (χ1n) is 7.87. The summed E-state index contributed by atoms with van der Waals surface area (Å²) in [5.41, 5.74) is 2.70. The molecular weight excluding hydrogens is 319 g/mol. The number of benzene rings is 2. The first-order chi connectivity index (χ1) is 12.1. The van der Waals surface area contributed by atoms with E-state index in [1.807, 2.05) is 37.3 Å². The smallest absolute Gasteiger partial charge is 0.225 e. The molecule has 1 aromatic heterocycles. The summed E-state index contributed by atoms with van der Waals surface area (Å²) in [6.45, 7) is 2.43. The molecule has 0 saturated carbocycles. The van der Waals surface area contributed by atoms with E-state index in [-0.39, 0.29) is 5.82 Å². The number of hydrogen-bond donors (Lipinski definition) is 2. The molecule has 5 nitrogen and oxygen atoms in total. The Kier molecular flexibility index (Phi) is 5.09. The Labute approximate surface area is 145 Å². The van der Waals surface area contributed by atoms with Crippen LogP contribution in [0.3, 0.4) is 0 Å². The minimum Gasteiger partial charge on any atom is -0.497 e. The van der Waals surface area contributed by atoms with E-state index in [9.17, 15) is 4.39 Å². The summed E-state index contributed by atoms with van der Waals surface area (Å²) in [7, 11) is 1.63.